The van der Waals surface area contributed by atoms with Crippen molar-refractivity contribution in [2.24, 2.45) is 5.92 Å². The molecule has 0 aliphatic heterocycles. The minimum absolute atomic E-state index is 0.286. The Labute approximate surface area is 133 Å². The Morgan fingerprint density at radius 1 is 1.14 bits per heavy atom. The molecule has 3 nitrogen and oxygen atoms in total. The summed E-state index contributed by atoms with van der Waals surface area (Å²) in [6, 6.07) is 6.29. The van der Waals surface area contributed by atoms with E-state index in [1.54, 1.807) is 14.2 Å². The molecule has 0 aliphatic carbocycles. The maximum atomic E-state index is 5.52. The van der Waals surface area contributed by atoms with Crippen molar-refractivity contribution in [2.45, 2.75) is 33.2 Å². The zero-order valence-electron chi connectivity index (χ0n) is 13.9. The second-order valence-corrected chi connectivity index (χ2v) is 6.34. The first-order valence-electron chi connectivity index (χ1n) is 7.69. The van der Waals surface area contributed by atoms with Crippen molar-refractivity contribution in [2.75, 3.05) is 32.3 Å². The second-order valence-electron chi connectivity index (χ2n) is 5.27. The third-order valence-electron chi connectivity index (χ3n) is 3.65. The fourth-order valence-electron chi connectivity index (χ4n) is 2.12. The quantitative estimate of drug-likeness (QED) is 0.703. The average molecular weight is 311 g/mol. The van der Waals surface area contributed by atoms with Gasteiger partial charge < -0.3 is 14.8 Å². The van der Waals surface area contributed by atoms with Crippen LogP contribution < -0.4 is 14.8 Å². The van der Waals surface area contributed by atoms with E-state index in [0.29, 0.717) is 0 Å². The van der Waals surface area contributed by atoms with Crippen LogP contribution in [0, 0.1) is 5.92 Å². The van der Waals surface area contributed by atoms with E-state index >= 15 is 0 Å². The number of hydrogen-bond acceptors (Lipinski definition) is 4. The lowest BCUT2D eigenvalue weighted by Crippen LogP contribution is -2.24. The largest absolute Gasteiger partial charge is 0.497 e. The minimum atomic E-state index is 0.286. The summed E-state index contributed by atoms with van der Waals surface area (Å²) < 4.78 is 10.9. The second kappa shape index (κ2) is 9.96. The van der Waals surface area contributed by atoms with E-state index in [1.165, 1.54) is 17.7 Å². The molecule has 120 valence electrons. The van der Waals surface area contributed by atoms with Crippen LogP contribution in [0.15, 0.2) is 18.2 Å². The summed E-state index contributed by atoms with van der Waals surface area (Å²) in [5.41, 5.74) is 1.18. The van der Waals surface area contributed by atoms with Crippen LogP contribution >= 0.6 is 11.8 Å². The van der Waals surface area contributed by atoms with Crippen molar-refractivity contribution in [3.63, 3.8) is 0 Å². The lowest BCUT2D eigenvalue weighted by Gasteiger charge is -2.22. The smallest absolute Gasteiger partial charge is 0.123 e. The monoisotopic (exact) mass is 311 g/mol. The summed E-state index contributed by atoms with van der Waals surface area (Å²) in [7, 11) is 3.42. The zero-order valence-corrected chi connectivity index (χ0v) is 14.8. The highest BCUT2D eigenvalue weighted by atomic mass is 32.2. The van der Waals surface area contributed by atoms with E-state index in [9.17, 15) is 0 Å². The molecule has 0 spiro atoms. The number of methoxy groups -OCH3 is 2. The van der Waals surface area contributed by atoms with Crippen molar-refractivity contribution >= 4 is 11.8 Å². The number of ether oxygens (including phenoxy) is 2. The number of hydrogen-bond donors (Lipinski definition) is 1. The topological polar surface area (TPSA) is 30.5 Å². The van der Waals surface area contributed by atoms with Crippen molar-refractivity contribution < 1.29 is 9.47 Å². The van der Waals surface area contributed by atoms with Crippen LogP contribution in [-0.2, 0) is 0 Å². The normalized spacial score (nSPS) is 13.8. The number of nitrogens with one attached hydrogen (secondary N) is 1. The Hall–Kier alpha value is -0.870. The third kappa shape index (κ3) is 5.79. The molecule has 0 aliphatic rings. The van der Waals surface area contributed by atoms with Crippen molar-refractivity contribution in [1.82, 2.24) is 5.32 Å². The van der Waals surface area contributed by atoms with Gasteiger partial charge in [-0.2, -0.15) is 11.8 Å². The van der Waals surface area contributed by atoms with Crippen LogP contribution in [0.5, 0.6) is 11.5 Å². The van der Waals surface area contributed by atoms with Gasteiger partial charge in [0.25, 0.3) is 0 Å². The fourth-order valence-corrected chi connectivity index (χ4v) is 3.43. The number of rotatable bonds is 10. The summed E-state index contributed by atoms with van der Waals surface area (Å²) >= 11 is 2.00. The van der Waals surface area contributed by atoms with Crippen LogP contribution in [0.1, 0.15) is 38.8 Å². The molecular formula is C17H29NO2S. The van der Waals surface area contributed by atoms with E-state index in [4.69, 9.17) is 9.47 Å². The lowest BCUT2D eigenvalue weighted by atomic mass is 10.1. The Morgan fingerprint density at radius 2 is 1.90 bits per heavy atom. The Morgan fingerprint density at radius 3 is 2.48 bits per heavy atom. The van der Waals surface area contributed by atoms with E-state index < -0.39 is 0 Å². The average Bonchev–Trinajstić information content (AvgIpc) is 2.53. The molecule has 0 fully saturated rings. The minimum Gasteiger partial charge on any atom is -0.497 e. The highest BCUT2D eigenvalue weighted by Gasteiger charge is 2.17. The van der Waals surface area contributed by atoms with Gasteiger partial charge in [-0.25, -0.2) is 0 Å². The molecule has 0 aromatic heterocycles. The fraction of sp³-hybridized carbons (Fsp3) is 0.647. The molecule has 0 heterocycles. The number of benzene rings is 1. The van der Waals surface area contributed by atoms with E-state index in [-0.39, 0.29) is 6.04 Å². The molecule has 2 unspecified atom stereocenters. The van der Waals surface area contributed by atoms with Crippen LogP contribution in [0.2, 0.25) is 0 Å². The first-order chi connectivity index (χ1) is 10.2. The Balaban J connectivity index is 2.82. The first kappa shape index (κ1) is 18.2. The molecule has 0 bridgehead atoms. The summed E-state index contributed by atoms with van der Waals surface area (Å²) in [6.45, 7) is 7.63. The molecule has 0 radical (unpaired) electrons. The van der Waals surface area contributed by atoms with Crippen molar-refractivity contribution in [3.05, 3.63) is 23.8 Å². The van der Waals surface area contributed by atoms with Crippen molar-refractivity contribution in [3.8, 4) is 11.5 Å². The molecule has 0 saturated heterocycles. The van der Waals surface area contributed by atoms with Gasteiger partial charge in [-0.15, -0.1) is 0 Å². The third-order valence-corrected chi connectivity index (χ3v) is 5.02. The van der Waals surface area contributed by atoms with E-state index in [0.717, 1.165) is 29.7 Å². The summed E-state index contributed by atoms with van der Waals surface area (Å²) in [5.74, 6) is 4.81. The van der Waals surface area contributed by atoms with E-state index in [2.05, 4.69) is 32.2 Å². The van der Waals surface area contributed by atoms with Gasteiger partial charge in [0.1, 0.15) is 11.5 Å². The Kier molecular flexibility index (Phi) is 8.62. The van der Waals surface area contributed by atoms with E-state index in [1.807, 2.05) is 23.9 Å². The summed E-state index contributed by atoms with van der Waals surface area (Å²) in [5, 5.41) is 3.56. The van der Waals surface area contributed by atoms with Crippen molar-refractivity contribution in [1.29, 1.82) is 0 Å². The van der Waals surface area contributed by atoms with Gasteiger partial charge in [-0.05, 0) is 36.4 Å². The van der Waals surface area contributed by atoms with Gasteiger partial charge in [0, 0.05) is 17.4 Å². The predicted octanol–water partition coefficient (Wildman–Crippen LogP) is 4.13. The van der Waals surface area contributed by atoms with Crippen LogP contribution in [0.3, 0.4) is 0 Å². The molecule has 21 heavy (non-hydrogen) atoms. The molecule has 0 saturated carbocycles. The molecular weight excluding hydrogens is 282 g/mol. The molecule has 1 aromatic carbocycles. The predicted molar refractivity (Wildman–Crippen MR) is 92.7 cm³/mol. The molecule has 1 aromatic rings. The van der Waals surface area contributed by atoms with Gasteiger partial charge in [-0.3, -0.25) is 0 Å². The lowest BCUT2D eigenvalue weighted by molar-refractivity contribution is 0.393. The molecule has 2 atom stereocenters. The summed E-state index contributed by atoms with van der Waals surface area (Å²) in [4.78, 5) is 0. The zero-order chi connectivity index (χ0) is 15.7. The van der Waals surface area contributed by atoms with Gasteiger partial charge in [0.2, 0.25) is 0 Å². The van der Waals surface area contributed by atoms with Crippen LogP contribution in [0.25, 0.3) is 0 Å². The molecule has 1 rings (SSSR count). The molecule has 0 amide bonds. The van der Waals surface area contributed by atoms with Gasteiger partial charge >= 0.3 is 0 Å². The van der Waals surface area contributed by atoms with Gasteiger partial charge in [0.15, 0.2) is 0 Å². The van der Waals surface area contributed by atoms with Crippen LogP contribution in [-0.4, -0.2) is 32.3 Å². The standard InChI is InChI=1S/C17H29NO2S/c1-6-13(3)11-21-12-16(18-7-2)15-10-14(19-4)8-9-17(15)20-5/h8-10,13,16,18H,6-7,11-12H2,1-5H3. The number of thioether (sulfide) groups is 1. The highest BCUT2D eigenvalue weighted by Crippen LogP contribution is 2.31. The first-order valence-corrected chi connectivity index (χ1v) is 8.84. The highest BCUT2D eigenvalue weighted by molar-refractivity contribution is 7.99. The maximum Gasteiger partial charge on any atom is 0.123 e. The van der Waals surface area contributed by atoms with Gasteiger partial charge in [-0.1, -0.05) is 27.2 Å². The Bertz CT molecular complexity index is 412. The maximum absolute atomic E-state index is 5.52. The van der Waals surface area contributed by atoms with Gasteiger partial charge in [0.05, 0.1) is 14.2 Å². The summed E-state index contributed by atoms with van der Waals surface area (Å²) in [6.07, 6.45) is 1.24. The van der Waals surface area contributed by atoms with Crippen LogP contribution in [0.4, 0.5) is 0 Å². The SMILES string of the molecule is CCNC(CSCC(C)CC)c1cc(OC)ccc1OC. The molecule has 4 heteroatoms. The molecule has 1 N–H and O–H groups in total.